The topological polar surface area (TPSA) is 29.1 Å². The van der Waals surface area contributed by atoms with Crippen LogP contribution >= 0.6 is 11.6 Å². The lowest BCUT2D eigenvalue weighted by Gasteiger charge is -2.12. The predicted molar refractivity (Wildman–Crippen MR) is 72.8 cm³/mol. The minimum absolute atomic E-state index is 0.0592. The van der Waals surface area contributed by atoms with Crippen molar-refractivity contribution in [1.29, 1.82) is 0 Å². The number of halogens is 3. The van der Waals surface area contributed by atoms with Crippen LogP contribution < -0.4 is 5.32 Å². The van der Waals surface area contributed by atoms with E-state index in [9.17, 15) is 13.6 Å². The van der Waals surface area contributed by atoms with E-state index in [0.717, 1.165) is 28.9 Å². The average molecular weight is 294 g/mol. The van der Waals surface area contributed by atoms with Gasteiger partial charge in [0.05, 0.1) is 11.8 Å². The second-order valence-electron chi connectivity index (χ2n) is 4.68. The molecule has 1 atom stereocenters. The maximum absolute atomic E-state index is 13.2. The standard InChI is InChI=1S/C15H10ClF2NO/c16-15(9-1-3-11(17)12(18)6-9)8-2-4-13-10(5-8)7-14(20)19-13/h1-6,15H,7H2,(H,19,20). The van der Waals surface area contributed by atoms with E-state index in [2.05, 4.69) is 5.32 Å². The van der Waals surface area contributed by atoms with Crippen LogP contribution in [0.5, 0.6) is 0 Å². The van der Waals surface area contributed by atoms with Crippen molar-refractivity contribution < 1.29 is 13.6 Å². The number of carbonyl (C=O) groups excluding carboxylic acids is 1. The molecule has 0 fully saturated rings. The first kappa shape index (κ1) is 13.1. The lowest BCUT2D eigenvalue weighted by Crippen LogP contribution is -2.03. The van der Waals surface area contributed by atoms with Crippen LogP contribution in [0.25, 0.3) is 0 Å². The van der Waals surface area contributed by atoms with Crippen LogP contribution in [-0.4, -0.2) is 5.91 Å². The zero-order valence-corrected chi connectivity index (χ0v) is 11.0. The normalized spacial score (nSPS) is 14.8. The highest BCUT2D eigenvalue weighted by Crippen LogP contribution is 2.33. The third kappa shape index (κ3) is 2.27. The van der Waals surface area contributed by atoms with Crippen molar-refractivity contribution in [3.63, 3.8) is 0 Å². The van der Waals surface area contributed by atoms with E-state index in [0.29, 0.717) is 12.0 Å². The summed E-state index contributed by atoms with van der Waals surface area (Å²) in [7, 11) is 0. The first-order valence-corrected chi connectivity index (χ1v) is 6.50. The third-order valence-corrected chi connectivity index (χ3v) is 3.79. The molecule has 2 aromatic rings. The van der Waals surface area contributed by atoms with Crippen LogP contribution in [0.2, 0.25) is 0 Å². The van der Waals surface area contributed by atoms with Gasteiger partial charge < -0.3 is 5.32 Å². The molecule has 0 saturated heterocycles. The predicted octanol–water partition coefficient (Wildman–Crippen LogP) is 3.79. The van der Waals surface area contributed by atoms with E-state index in [1.54, 1.807) is 12.1 Å². The first-order chi connectivity index (χ1) is 9.54. The maximum Gasteiger partial charge on any atom is 0.228 e. The number of anilines is 1. The second-order valence-corrected chi connectivity index (χ2v) is 5.11. The second kappa shape index (κ2) is 4.87. The quantitative estimate of drug-likeness (QED) is 0.839. The molecule has 2 aromatic carbocycles. The van der Waals surface area contributed by atoms with Crippen molar-refractivity contribution in [2.75, 3.05) is 5.32 Å². The molecule has 1 aliphatic rings. The number of carbonyl (C=O) groups is 1. The summed E-state index contributed by atoms with van der Waals surface area (Å²) in [6, 6.07) is 8.94. The summed E-state index contributed by atoms with van der Waals surface area (Å²) in [6.07, 6.45) is 0.310. The molecule has 1 amide bonds. The van der Waals surface area contributed by atoms with Crippen molar-refractivity contribution in [1.82, 2.24) is 0 Å². The number of nitrogens with one attached hydrogen (secondary N) is 1. The van der Waals surface area contributed by atoms with E-state index >= 15 is 0 Å². The van der Waals surface area contributed by atoms with Gasteiger partial charge in [-0.25, -0.2) is 8.78 Å². The van der Waals surface area contributed by atoms with Gasteiger partial charge in [-0.1, -0.05) is 18.2 Å². The van der Waals surface area contributed by atoms with E-state index < -0.39 is 17.0 Å². The van der Waals surface area contributed by atoms with Gasteiger partial charge in [-0.2, -0.15) is 0 Å². The third-order valence-electron chi connectivity index (χ3n) is 3.28. The van der Waals surface area contributed by atoms with Gasteiger partial charge >= 0.3 is 0 Å². The van der Waals surface area contributed by atoms with Crippen LogP contribution in [0, 0.1) is 11.6 Å². The fourth-order valence-corrected chi connectivity index (χ4v) is 2.54. The summed E-state index contributed by atoms with van der Waals surface area (Å²) in [5, 5.41) is 2.14. The molecular weight excluding hydrogens is 284 g/mol. The summed E-state index contributed by atoms with van der Waals surface area (Å²) in [5.74, 6) is -1.89. The molecule has 0 radical (unpaired) electrons. The molecular formula is C15H10ClF2NO. The average Bonchev–Trinajstić information content (AvgIpc) is 2.80. The van der Waals surface area contributed by atoms with Crippen LogP contribution in [0.15, 0.2) is 36.4 Å². The molecule has 1 N–H and O–H groups in total. The van der Waals surface area contributed by atoms with E-state index in [4.69, 9.17) is 11.6 Å². The zero-order chi connectivity index (χ0) is 14.3. The van der Waals surface area contributed by atoms with E-state index in [1.807, 2.05) is 6.07 Å². The largest absolute Gasteiger partial charge is 0.326 e. The molecule has 1 aliphatic heterocycles. The maximum atomic E-state index is 13.2. The van der Waals surface area contributed by atoms with Gasteiger partial charge in [-0.15, -0.1) is 11.6 Å². The SMILES string of the molecule is O=C1Cc2cc(C(Cl)c3ccc(F)c(F)c3)ccc2N1. The van der Waals surface area contributed by atoms with E-state index in [1.165, 1.54) is 6.07 Å². The van der Waals surface area contributed by atoms with Crippen LogP contribution in [-0.2, 0) is 11.2 Å². The molecule has 5 heteroatoms. The number of amides is 1. The minimum Gasteiger partial charge on any atom is -0.326 e. The number of hydrogen-bond acceptors (Lipinski definition) is 1. The van der Waals surface area contributed by atoms with Gasteiger partial charge in [0.1, 0.15) is 0 Å². The number of rotatable bonds is 2. The lowest BCUT2D eigenvalue weighted by atomic mass is 10.0. The lowest BCUT2D eigenvalue weighted by molar-refractivity contribution is -0.115. The molecule has 102 valence electrons. The number of hydrogen-bond donors (Lipinski definition) is 1. The Hall–Kier alpha value is -1.94. The monoisotopic (exact) mass is 293 g/mol. The molecule has 20 heavy (non-hydrogen) atoms. The summed E-state index contributed by atoms with van der Waals surface area (Å²) in [6.45, 7) is 0. The molecule has 2 nitrogen and oxygen atoms in total. The van der Waals surface area contributed by atoms with Crippen LogP contribution in [0.1, 0.15) is 22.1 Å². The molecule has 0 spiro atoms. The van der Waals surface area contributed by atoms with Crippen LogP contribution in [0.3, 0.4) is 0 Å². The Morgan fingerprint density at radius 1 is 1.05 bits per heavy atom. The Kier molecular flexibility index (Phi) is 3.18. The molecule has 3 rings (SSSR count). The van der Waals surface area contributed by atoms with Gasteiger partial charge in [-0.3, -0.25) is 4.79 Å². The highest BCUT2D eigenvalue weighted by molar-refractivity contribution is 6.22. The summed E-state index contributed by atoms with van der Waals surface area (Å²) in [5.41, 5.74) is 2.85. The molecule has 0 bridgehead atoms. The Bertz CT molecular complexity index is 702. The van der Waals surface area contributed by atoms with Crippen molar-refractivity contribution in [2.45, 2.75) is 11.8 Å². The Morgan fingerprint density at radius 2 is 1.75 bits per heavy atom. The highest BCUT2D eigenvalue weighted by atomic mass is 35.5. The highest BCUT2D eigenvalue weighted by Gasteiger charge is 2.20. The summed E-state index contributed by atoms with van der Waals surface area (Å²) >= 11 is 6.30. The number of benzene rings is 2. The Morgan fingerprint density at radius 3 is 2.50 bits per heavy atom. The zero-order valence-electron chi connectivity index (χ0n) is 10.3. The Labute approximate surface area is 119 Å². The smallest absolute Gasteiger partial charge is 0.228 e. The fraction of sp³-hybridized carbons (Fsp3) is 0.133. The van der Waals surface area contributed by atoms with Crippen molar-refractivity contribution in [3.05, 3.63) is 64.7 Å². The van der Waals surface area contributed by atoms with Crippen molar-refractivity contribution in [2.24, 2.45) is 0 Å². The van der Waals surface area contributed by atoms with Gasteiger partial charge in [0, 0.05) is 5.69 Å². The minimum atomic E-state index is -0.925. The van der Waals surface area contributed by atoms with Gasteiger partial charge in [0.2, 0.25) is 5.91 Å². The molecule has 1 unspecified atom stereocenters. The summed E-state index contributed by atoms with van der Waals surface area (Å²) in [4.78, 5) is 11.3. The number of alkyl halides is 1. The Balaban J connectivity index is 1.94. The molecule has 0 saturated carbocycles. The molecule has 0 aromatic heterocycles. The fourth-order valence-electron chi connectivity index (χ4n) is 2.27. The van der Waals surface area contributed by atoms with Gasteiger partial charge in [0.15, 0.2) is 11.6 Å². The molecule has 1 heterocycles. The van der Waals surface area contributed by atoms with Crippen molar-refractivity contribution >= 4 is 23.2 Å². The first-order valence-electron chi connectivity index (χ1n) is 6.06. The van der Waals surface area contributed by atoms with E-state index in [-0.39, 0.29) is 5.91 Å². The van der Waals surface area contributed by atoms with Crippen LogP contribution in [0.4, 0.5) is 14.5 Å². The molecule has 0 aliphatic carbocycles. The number of fused-ring (bicyclic) bond motifs is 1. The summed E-state index contributed by atoms with van der Waals surface area (Å²) < 4.78 is 26.2. The van der Waals surface area contributed by atoms with Crippen molar-refractivity contribution in [3.8, 4) is 0 Å². The van der Waals surface area contributed by atoms with Gasteiger partial charge in [-0.05, 0) is 34.9 Å². The van der Waals surface area contributed by atoms with Gasteiger partial charge in [0.25, 0.3) is 0 Å².